The summed E-state index contributed by atoms with van der Waals surface area (Å²) in [5.41, 5.74) is 2.09. The van der Waals surface area contributed by atoms with Crippen LogP contribution in [0.4, 0.5) is 11.5 Å². The van der Waals surface area contributed by atoms with Crippen molar-refractivity contribution in [3.05, 3.63) is 42.1 Å². The highest BCUT2D eigenvalue weighted by Crippen LogP contribution is 2.26. The molecule has 0 spiro atoms. The molecule has 0 bridgehead atoms. The van der Waals surface area contributed by atoms with Gasteiger partial charge in [-0.2, -0.15) is 5.26 Å². The highest BCUT2D eigenvalue weighted by molar-refractivity contribution is 5.54. The Labute approximate surface area is 141 Å². The van der Waals surface area contributed by atoms with Gasteiger partial charge in [0, 0.05) is 38.2 Å². The smallest absolute Gasteiger partial charge is 0.163 e. The Morgan fingerprint density at radius 2 is 2.29 bits per heavy atom. The fraction of sp³-hybridized carbons (Fsp3) is 0.412. The van der Waals surface area contributed by atoms with Crippen LogP contribution in [0.5, 0.6) is 0 Å². The van der Waals surface area contributed by atoms with Gasteiger partial charge in [0.05, 0.1) is 17.8 Å². The van der Waals surface area contributed by atoms with Gasteiger partial charge in [0.25, 0.3) is 0 Å². The quantitative estimate of drug-likeness (QED) is 0.896. The van der Waals surface area contributed by atoms with E-state index in [2.05, 4.69) is 31.2 Å². The van der Waals surface area contributed by atoms with E-state index in [4.69, 9.17) is 10.00 Å². The van der Waals surface area contributed by atoms with Crippen LogP contribution >= 0.6 is 0 Å². The summed E-state index contributed by atoms with van der Waals surface area (Å²) in [6.45, 7) is 3.43. The lowest BCUT2D eigenvalue weighted by molar-refractivity contribution is 0.118. The number of ether oxygens (including phenoxy) is 1. The number of anilines is 2. The fourth-order valence-corrected chi connectivity index (χ4v) is 2.98. The van der Waals surface area contributed by atoms with Gasteiger partial charge in [0.15, 0.2) is 5.69 Å². The number of aromatic nitrogens is 3. The minimum atomic E-state index is 0.163. The average Bonchev–Trinajstić information content (AvgIpc) is 3.03. The first-order valence-corrected chi connectivity index (χ1v) is 7.88. The maximum absolute atomic E-state index is 9.15. The Hall–Kier alpha value is -2.72. The van der Waals surface area contributed by atoms with Crippen LogP contribution < -0.4 is 10.2 Å². The van der Waals surface area contributed by atoms with Crippen molar-refractivity contribution in [1.82, 2.24) is 15.0 Å². The van der Waals surface area contributed by atoms with Crippen LogP contribution in [-0.2, 0) is 4.74 Å². The number of pyridine rings is 1. The molecule has 2 atom stereocenters. The van der Waals surface area contributed by atoms with Crippen LogP contribution in [-0.4, -0.2) is 47.3 Å². The van der Waals surface area contributed by atoms with Crippen molar-refractivity contribution in [3.8, 4) is 6.07 Å². The lowest BCUT2D eigenvalue weighted by Gasteiger charge is -2.26. The van der Waals surface area contributed by atoms with Crippen molar-refractivity contribution < 1.29 is 4.74 Å². The lowest BCUT2D eigenvalue weighted by atomic mass is 10.2. The van der Waals surface area contributed by atoms with E-state index in [0.29, 0.717) is 12.2 Å². The first kappa shape index (κ1) is 16.1. The molecule has 124 valence electrons. The standard InChI is InChI=1S/C17H20N6O/c1-12-6-17(22-11-21-12)23-10-14(24-2)7-13(23)9-20-15-4-3-5-19-16(15)8-18/h3-6,11,13-14,20H,7,9-10H2,1-2H3/t13-,14-/m0/s1. The molecule has 2 aromatic rings. The first-order chi connectivity index (χ1) is 11.7. The van der Waals surface area contributed by atoms with Crippen LogP contribution in [0.15, 0.2) is 30.7 Å². The summed E-state index contributed by atoms with van der Waals surface area (Å²) in [7, 11) is 1.73. The summed E-state index contributed by atoms with van der Waals surface area (Å²) in [6, 6.07) is 8.00. The second-order valence-corrected chi connectivity index (χ2v) is 5.81. The average molecular weight is 324 g/mol. The van der Waals surface area contributed by atoms with E-state index < -0.39 is 0 Å². The Morgan fingerprint density at radius 3 is 3.04 bits per heavy atom. The third-order valence-electron chi connectivity index (χ3n) is 4.23. The van der Waals surface area contributed by atoms with Crippen LogP contribution in [0, 0.1) is 18.3 Å². The maximum Gasteiger partial charge on any atom is 0.163 e. The summed E-state index contributed by atoms with van der Waals surface area (Å²) in [6.07, 6.45) is 4.27. The monoisotopic (exact) mass is 324 g/mol. The molecule has 3 heterocycles. The molecule has 0 saturated carbocycles. The molecule has 24 heavy (non-hydrogen) atoms. The van der Waals surface area contributed by atoms with Gasteiger partial charge in [-0.1, -0.05) is 0 Å². The summed E-state index contributed by atoms with van der Waals surface area (Å²) in [4.78, 5) is 14.9. The van der Waals surface area contributed by atoms with E-state index in [1.54, 1.807) is 19.6 Å². The molecule has 0 amide bonds. The fourth-order valence-electron chi connectivity index (χ4n) is 2.98. The topological polar surface area (TPSA) is 87.0 Å². The highest BCUT2D eigenvalue weighted by atomic mass is 16.5. The number of hydrogen-bond acceptors (Lipinski definition) is 7. The third kappa shape index (κ3) is 3.44. The molecule has 1 fully saturated rings. The summed E-state index contributed by atoms with van der Waals surface area (Å²) >= 11 is 0. The second-order valence-electron chi connectivity index (χ2n) is 5.81. The van der Waals surface area contributed by atoms with E-state index in [0.717, 1.165) is 30.2 Å². The van der Waals surface area contributed by atoms with E-state index in [-0.39, 0.29) is 12.1 Å². The molecule has 7 heteroatoms. The predicted molar refractivity (Wildman–Crippen MR) is 90.8 cm³/mol. The summed E-state index contributed by atoms with van der Waals surface area (Å²) in [5, 5.41) is 12.5. The molecule has 1 aliphatic heterocycles. The number of nitrogens with one attached hydrogen (secondary N) is 1. The van der Waals surface area contributed by atoms with Gasteiger partial charge in [-0.3, -0.25) is 0 Å². The molecule has 3 rings (SSSR count). The molecule has 7 nitrogen and oxygen atoms in total. The van der Waals surface area contributed by atoms with Crippen molar-refractivity contribution in [3.63, 3.8) is 0 Å². The van der Waals surface area contributed by atoms with Crippen molar-refractivity contribution >= 4 is 11.5 Å². The Balaban J connectivity index is 1.76. The molecule has 2 aromatic heterocycles. The number of hydrogen-bond donors (Lipinski definition) is 1. The number of nitriles is 1. The van der Waals surface area contributed by atoms with Crippen LogP contribution in [0.2, 0.25) is 0 Å². The normalized spacial score (nSPS) is 20.0. The Bertz CT molecular complexity index is 744. The van der Waals surface area contributed by atoms with Crippen LogP contribution in [0.3, 0.4) is 0 Å². The van der Waals surface area contributed by atoms with Crippen LogP contribution in [0.1, 0.15) is 17.8 Å². The zero-order valence-corrected chi connectivity index (χ0v) is 13.8. The second kappa shape index (κ2) is 7.23. The van der Waals surface area contributed by atoms with E-state index in [1.807, 2.05) is 25.1 Å². The molecular weight excluding hydrogens is 304 g/mol. The first-order valence-electron chi connectivity index (χ1n) is 7.88. The molecule has 0 unspecified atom stereocenters. The Kier molecular flexibility index (Phi) is 4.87. The van der Waals surface area contributed by atoms with Crippen molar-refractivity contribution in [2.45, 2.75) is 25.5 Å². The van der Waals surface area contributed by atoms with Gasteiger partial charge >= 0.3 is 0 Å². The third-order valence-corrected chi connectivity index (χ3v) is 4.23. The number of methoxy groups -OCH3 is 1. The molecule has 1 saturated heterocycles. The van der Waals surface area contributed by atoms with Crippen molar-refractivity contribution in [2.24, 2.45) is 0 Å². The molecule has 1 N–H and O–H groups in total. The van der Waals surface area contributed by atoms with E-state index in [9.17, 15) is 0 Å². The minimum Gasteiger partial charge on any atom is -0.381 e. The van der Waals surface area contributed by atoms with Gasteiger partial charge < -0.3 is 15.0 Å². The number of nitrogens with zero attached hydrogens (tertiary/aromatic N) is 5. The van der Waals surface area contributed by atoms with Gasteiger partial charge in [-0.25, -0.2) is 15.0 Å². The van der Waals surface area contributed by atoms with E-state index in [1.165, 1.54) is 0 Å². The molecule has 0 aromatic carbocycles. The van der Waals surface area contributed by atoms with Crippen molar-refractivity contribution in [2.75, 3.05) is 30.4 Å². The summed E-state index contributed by atoms with van der Waals surface area (Å²) in [5.74, 6) is 0.903. The van der Waals surface area contributed by atoms with Crippen molar-refractivity contribution in [1.29, 1.82) is 5.26 Å². The van der Waals surface area contributed by atoms with Gasteiger partial charge in [-0.15, -0.1) is 0 Å². The number of aryl methyl sites for hydroxylation is 1. The molecule has 0 radical (unpaired) electrons. The highest BCUT2D eigenvalue weighted by Gasteiger charge is 2.33. The largest absolute Gasteiger partial charge is 0.381 e. The van der Waals surface area contributed by atoms with Gasteiger partial charge in [0.2, 0.25) is 0 Å². The molecule has 1 aliphatic rings. The maximum atomic E-state index is 9.15. The molecular formula is C17H20N6O. The van der Waals surface area contributed by atoms with Crippen LogP contribution in [0.25, 0.3) is 0 Å². The number of rotatable bonds is 5. The summed E-state index contributed by atoms with van der Waals surface area (Å²) < 4.78 is 5.54. The predicted octanol–water partition coefficient (Wildman–Crippen LogP) is 1.76. The lowest BCUT2D eigenvalue weighted by Crippen LogP contribution is -2.35. The minimum absolute atomic E-state index is 0.163. The SMILES string of the molecule is CO[C@H]1C[C@@H](CNc2cccnc2C#N)N(c2cc(C)ncn2)C1. The Morgan fingerprint density at radius 1 is 1.42 bits per heavy atom. The zero-order valence-electron chi connectivity index (χ0n) is 13.8. The zero-order chi connectivity index (χ0) is 16.9. The molecule has 0 aliphatic carbocycles. The van der Waals surface area contributed by atoms with Gasteiger partial charge in [-0.05, 0) is 25.5 Å². The van der Waals surface area contributed by atoms with Gasteiger partial charge in [0.1, 0.15) is 18.2 Å². The van der Waals surface area contributed by atoms with E-state index >= 15 is 0 Å².